The number of nitrogens with one attached hydrogen (secondary N) is 1. The van der Waals surface area contributed by atoms with Crippen LogP contribution in [0.15, 0.2) is 53.0 Å². The Morgan fingerprint density at radius 3 is 2.28 bits per heavy atom. The van der Waals surface area contributed by atoms with Crippen LogP contribution >= 0.6 is 15.9 Å². The number of hydrogen-bond acceptors (Lipinski definition) is 3. The molecule has 2 aromatic carbocycles. The van der Waals surface area contributed by atoms with Crippen molar-refractivity contribution >= 4 is 43.2 Å². The molecule has 0 aliphatic heterocycles. The lowest BCUT2D eigenvalue weighted by Crippen LogP contribution is -2.45. The normalized spacial score (nSPS) is 12.5. The average molecular weight is 425 g/mol. The standard InChI is InChI=1S/C18H21BrN2O3S/c1-4-14-9-11-15(12-10-14)21(25(3,23)24)13(2)18(22)20-17-8-6-5-7-16(17)19/h5-13H,4H2,1-3H3,(H,20,22). The van der Waals surface area contributed by atoms with E-state index in [-0.39, 0.29) is 0 Å². The number of carbonyl (C=O) groups excluding carboxylic acids is 1. The molecule has 0 heterocycles. The van der Waals surface area contributed by atoms with Gasteiger partial charge in [0.2, 0.25) is 15.9 Å². The summed E-state index contributed by atoms with van der Waals surface area (Å²) in [6, 6.07) is 13.5. The summed E-state index contributed by atoms with van der Waals surface area (Å²) >= 11 is 3.36. The van der Waals surface area contributed by atoms with E-state index in [2.05, 4.69) is 21.2 Å². The van der Waals surface area contributed by atoms with Crippen LogP contribution in [0.25, 0.3) is 0 Å². The first-order valence-electron chi connectivity index (χ1n) is 7.87. The van der Waals surface area contributed by atoms with Crippen molar-refractivity contribution in [2.75, 3.05) is 15.9 Å². The lowest BCUT2D eigenvalue weighted by molar-refractivity contribution is -0.116. The van der Waals surface area contributed by atoms with Crippen molar-refractivity contribution < 1.29 is 13.2 Å². The maximum absolute atomic E-state index is 12.6. The molecule has 7 heteroatoms. The van der Waals surface area contributed by atoms with E-state index in [1.54, 1.807) is 37.3 Å². The smallest absolute Gasteiger partial charge is 0.248 e. The summed E-state index contributed by atoms with van der Waals surface area (Å²) in [6.07, 6.45) is 1.96. The molecule has 0 saturated carbocycles. The molecule has 0 aliphatic rings. The molecule has 0 aromatic heterocycles. The average Bonchev–Trinajstić information content (AvgIpc) is 2.56. The van der Waals surface area contributed by atoms with Gasteiger partial charge in [-0.25, -0.2) is 8.42 Å². The first kappa shape index (κ1) is 19.5. The highest BCUT2D eigenvalue weighted by Crippen LogP contribution is 2.24. The van der Waals surface area contributed by atoms with Crippen molar-refractivity contribution in [2.45, 2.75) is 26.3 Å². The van der Waals surface area contributed by atoms with Gasteiger partial charge in [-0.3, -0.25) is 9.10 Å². The number of sulfonamides is 1. The molecule has 0 saturated heterocycles. The monoisotopic (exact) mass is 424 g/mol. The molecule has 0 fully saturated rings. The van der Waals surface area contributed by atoms with Gasteiger partial charge in [-0.05, 0) is 59.1 Å². The van der Waals surface area contributed by atoms with Gasteiger partial charge in [-0.15, -0.1) is 0 Å². The molecule has 1 unspecified atom stereocenters. The van der Waals surface area contributed by atoms with Gasteiger partial charge in [0.05, 0.1) is 17.6 Å². The van der Waals surface area contributed by atoms with Gasteiger partial charge >= 0.3 is 0 Å². The number of para-hydroxylation sites is 1. The van der Waals surface area contributed by atoms with Gasteiger partial charge in [-0.2, -0.15) is 0 Å². The molecule has 0 spiro atoms. The first-order chi connectivity index (χ1) is 11.7. The molecule has 0 aliphatic carbocycles. The molecular weight excluding hydrogens is 404 g/mol. The largest absolute Gasteiger partial charge is 0.323 e. The van der Waals surface area contributed by atoms with E-state index in [1.807, 2.05) is 25.1 Å². The van der Waals surface area contributed by atoms with Crippen LogP contribution in [0.3, 0.4) is 0 Å². The Hall–Kier alpha value is -1.86. The number of nitrogens with zero attached hydrogens (tertiary/aromatic N) is 1. The molecule has 1 amide bonds. The van der Waals surface area contributed by atoms with Crippen LogP contribution in [-0.2, 0) is 21.2 Å². The maximum Gasteiger partial charge on any atom is 0.248 e. The SMILES string of the molecule is CCc1ccc(N(C(C)C(=O)Nc2ccccc2Br)S(C)(=O)=O)cc1. The molecular formula is C18H21BrN2O3S. The molecule has 0 bridgehead atoms. The van der Waals surface area contributed by atoms with Gasteiger partial charge < -0.3 is 5.32 Å². The predicted octanol–water partition coefficient (Wildman–Crippen LogP) is 3.80. The lowest BCUT2D eigenvalue weighted by Gasteiger charge is -2.28. The number of amides is 1. The Kier molecular flexibility index (Phi) is 6.24. The number of benzene rings is 2. The van der Waals surface area contributed by atoms with Crippen molar-refractivity contribution in [3.63, 3.8) is 0 Å². The van der Waals surface area contributed by atoms with Crippen molar-refractivity contribution in [3.05, 3.63) is 58.6 Å². The highest BCUT2D eigenvalue weighted by Gasteiger charge is 2.29. The Balaban J connectivity index is 2.31. The Bertz CT molecular complexity index is 851. The fourth-order valence-corrected chi connectivity index (χ4v) is 4.05. The molecule has 134 valence electrons. The number of anilines is 2. The zero-order valence-electron chi connectivity index (χ0n) is 14.4. The minimum absolute atomic E-state index is 0.406. The van der Waals surface area contributed by atoms with E-state index in [1.165, 1.54) is 0 Å². The second kappa shape index (κ2) is 8.01. The second-order valence-electron chi connectivity index (χ2n) is 5.72. The van der Waals surface area contributed by atoms with Crippen molar-refractivity contribution in [1.82, 2.24) is 0 Å². The zero-order valence-corrected chi connectivity index (χ0v) is 16.8. The fraction of sp³-hybridized carbons (Fsp3) is 0.278. The lowest BCUT2D eigenvalue weighted by atomic mass is 10.1. The quantitative estimate of drug-likeness (QED) is 0.766. The molecule has 1 N–H and O–H groups in total. The molecule has 0 radical (unpaired) electrons. The number of rotatable bonds is 6. The van der Waals surface area contributed by atoms with Gasteiger partial charge in [-0.1, -0.05) is 31.2 Å². The fourth-order valence-electron chi connectivity index (χ4n) is 2.49. The van der Waals surface area contributed by atoms with Gasteiger partial charge in [0, 0.05) is 4.47 Å². The summed E-state index contributed by atoms with van der Waals surface area (Å²) in [5.74, 6) is -0.406. The minimum atomic E-state index is -3.62. The van der Waals surface area contributed by atoms with Crippen LogP contribution in [0.5, 0.6) is 0 Å². The number of hydrogen-bond donors (Lipinski definition) is 1. The Morgan fingerprint density at radius 2 is 1.76 bits per heavy atom. The van der Waals surface area contributed by atoms with Crippen molar-refractivity contribution in [1.29, 1.82) is 0 Å². The maximum atomic E-state index is 12.6. The Labute approximate surface area is 157 Å². The number of aryl methyl sites for hydroxylation is 1. The molecule has 2 aromatic rings. The van der Waals surface area contributed by atoms with Gasteiger partial charge in [0.1, 0.15) is 6.04 Å². The van der Waals surface area contributed by atoms with Gasteiger partial charge in [0.25, 0.3) is 0 Å². The number of carbonyl (C=O) groups is 1. The van der Waals surface area contributed by atoms with E-state index < -0.39 is 22.0 Å². The minimum Gasteiger partial charge on any atom is -0.323 e. The third-order valence-electron chi connectivity index (χ3n) is 3.82. The third-order valence-corrected chi connectivity index (χ3v) is 5.75. The van der Waals surface area contributed by atoms with E-state index in [0.717, 1.165) is 27.0 Å². The summed E-state index contributed by atoms with van der Waals surface area (Å²) in [5, 5.41) is 2.76. The molecule has 25 heavy (non-hydrogen) atoms. The van der Waals surface area contributed by atoms with E-state index in [9.17, 15) is 13.2 Å². The van der Waals surface area contributed by atoms with Crippen LogP contribution in [0, 0.1) is 0 Å². The number of halogens is 1. The van der Waals surface area contributed by atoms with Crippen LogP contribution in [0.2, 0.25) is 0 Å². The second-order valence-corrected chi connectivity index (χ2v) is 8.44. The zero-order chi connectivity index (χ0) is 18.6. The van der Waals surface area contributed by atoms with E-state index in [0.29, 0.717) is 11.4 Å². The molecule has 2 rings (SSSR count). The highest BCUT2D eigenvalue weighted by molar-refractivity contribution is 9.10. The molecule has 1 atom stereocenters. The van der Waals surface area contributed by atoms with Crippen LogP contribution < -0.4 is 9.62 Å². The third kappa shape index (κ3) is 4.83. The highest BCUT2D eigenvalue weighted by atomic mass is 79.9. The Morgan fingerprint density at radius 1 is 1.16 bits per heavy atom. The summed E-state index contributed by atoms with van der Waals surface area (Å²) in [6.45, 7) is 3.60. The van der Waals surface area contributed by atoms with Gasteiger partial charge in [0.15, 0.2) is 0 Å². The molecule has 5 nitrogen and oxygen atoms in total. The van der Waals surface area contributed by atoms with Crippen LogP contribution in [0.1, 0.15) is 19.4 Å². The van der Waals surface area contributed by atoms with Crippen molar-refractivity contribution in [3.8, 4) is 0 Å². The summed E-state index contributed by atoms with van der Waals surface area (Å²) in [7, 11) is -3.62. The topological polar surface area (TPSA) is 66.5 Å². The first-order valence-corrected chi connectivity index (χ1v) is 10.5. The van der Waals surface area contributed by atoms with E-state index in [4.69, 9.17) is 0 Å². The summed E-state index contributed by atoms with van der Waals surface area (Å²) < 4.78 is 26.4. The predicted molar refractivity (Wildman–Crippen MR) is 105 cm³/mol. The van der Waals surface area contributed by atoms with Crippen LogP contribution in [0.4, 0.5) is 11.4 Å². The van der Waals surface area contributed by atoms with Crippen molar-refractivity contribution in [2.24, 2.45) is 0 Å². The summed E-state index contributed by atoms with van der Waals surface area (Å²) in [5.41, 5.74) is 2.16. The summed E-state index contributed by atoms with van der Waals surface area (Å²) in [4.78, 5) is 12.6. The van der Waals surface area contributed by atoms with E-state index >= 15 is 0 Å². The van der Waals surface area contributed by atoms with Crippen LogP contribution in [-0.4, -0.2) is 26.6 Å².